The molecule has 1 aromatic carbocycles. The first-order chi connectivity index (χ1) is 17.9. The lowest BCUT2D eigenvalue weighted by molar-refractivity contribution is 0.193. The Labute approximate surface area is 220 Å². The average Bonchev–Trinajstić information content (AvgIpc) is 3.05. The van der Waals surface area contributed by atoms with E-state index in [9.17, 15) is 8.42 Å². The van der Waals surface area contributed by atoms with E-state index in [0.29, 0.717) is 19.0 Å². The molecular formula is C28H39N5O3S. The van der Waals surface area contributed by atoms with Gasteiger partial charge in [-0.05, 0) is 100 Å². The van der Waals surface area contributed by atoms with Crippen LogP contribution in [0.3, 0.4) is 0 Å². The number of hydrogen-bond donors (Lipinski definition) is 2. The van der Waals surface area contributed by atoms with Crippen LogP contribution in [0.2, 0.25) is 0 Å². The molecule has 4 heterocycles. The fourth-order valence-electron chi connectivity index (χ4n) is 6.93. The maximum Gasteiger partial charge on any atom is 0.153 e. The highest BCUT2D eigenvalue weighted by Gasteiger charge is 2.33. The minimum atomic E-state index is -2.98. The maximum atomic E-state index is 12.0. The SMILES string of the molecule is Cc1cc([C@H]2CC[C@H](C3CCNCC3)CC2)cc2c1O[C@H](C)c1c(ncnc1N1CCS(=O)(=O)CC1)N2. The third-order valence-corrected chi connectivity index (χ3v) is 10.7. The molecule has 200 valence electrons. The van der Waals surface area contributed by atoms with Crippen molar-refractivity contribution in [1.82, 2.24) is 15.3 Å². The minimum Gasteiger partial charge on any atom is -0.483 e. The highest BCUT2D eigenvalue weighted by atomic mass is 32.2. The maximum absolute atomic E-state index is 12.0. The standard InChI is InChI=1S/C28H39N5O3S/c1-18-15-23(21-5-3-20(4-6-21)22-7-9-29-10-8-22)16-24-26(18)36-19(2)25-27(32-24)30-17-31-28(25)33-11-13-37(34,35)14-12-33/h15-17,19-22,29H,3-14H2,1-2H3,(H,30,31,32)/t19-,20-,21-/m1/s1. The number of rotatable bonds is 3. The second-order valence-corrected chi connectivity index (χ2v) is 13.7. The fourth-order valence-corrected chi connectivity index (χ4v) is 8.13. The zero-order valence-electron chi connectivity index (χ0n) is 22.0. The van der Waals surface area contributed by atoms with Crippen LogP contribution in [0.25, 0.3) is 0 Å². The van der Waals surface area contributed by atoms with Gasteiger partial charge in [-0.2, -0.15) is 0 Å². The number of aromatic nitrogens is 2. The van der Waals surface area contributed by atoms with Crippen LogP contribution < -0.4 is 20.3 Å². The Kier molecular flexibility index (Phi) is 6.77. The molecule has 0 unspecified atom stereocenters. The smallest absolute Gasteiger partial charge is 0.153 e. The molecule has 3 fully saturated rings. The Morgan fingerprint density at radius 2 is 1.68 bits per heavy atom. The molecule has 8 nitrogen and oxygen atoms in total. The van der Waals surface area contributed by atoms with Crippen molar-refractivity contribution in [2.24, 2.45) is 11.8 Å². The Bertz CT molecular complexity index is 1240. The molecule has 0 bridgehead atoms. The Hall–Kier alpha value is -2.39. The first-order valence-corrected chi connectivity index (χ1v) is 15.8. The number of anilines is 3. The molecule has 4 aliphatic rings. The molecule has 0 radical (unpaired) electrons. The number of nitrogens with one attached hydrogen (secondary N) is 2. The van der Waals surface area contributed by atoms with Gasteiger partial charge in [0.05, 0.1) is 22.8 Å². The number of hydrogen-bond acceptors (Lipinski definition) is 8. The molecule has 9 heteroatoms. The number of fused-ring (bicyclic) bond motifs is 2. The van der Waals surface area contributed by atoms with Gasteiger partial charge >= 0.3 is 0 Å². The highest BCUT2D eigenvalue weighted by Crippen LogP contribution is 2.46. The van der Waals surface area contributed by atoms with Crippen LogP contribution in [0.4, 0.5) is 17.3 Å². The van der Waals surface area contributed by atoms with Gasteiger partial charge in [0, 0.05) is 13.1 Å². The molecule has 1 aromatic heterocycles. The lowest BCUT2D eigenvalue weighted by atomic mass is 9.71. The summed E-state index contributed by atoms with van der Waals surface area (Å²) in [6.07, 6.45) is 9.15. The third kappa shape index (κ3) is 5.04. The van der Waals surface area contributed by atoms with Gasteiger partial charge in [0.15, 0.2) is 9.84 Å². The monoisotopic (exact) mass is 525 g/mol. The number of ether oxygens (including phenoxy) is 1. The largest absolute Gasteiger partial charge is 0.483 e. The van der Waals surface area contributed by atoms with Gasteiger partial charge < -0.3 is 20.3 Å². The van der Waals surface area contributed by atoms with Crippen LogP contribution in [0.5, 0.6) is 5.75 Å². The van der Waals surface area contributed by atoms with Gasteiger partial charge in [-0.1, -0.05) is 6.07 Å². The molecule has 2 aromatic rings. The number of benzene rings is 1. The molecule has 6 rings (SSSR count). The van der Waals surface area contributed by atoms with Crippen LogP contribution in [0.15, 0.2) is 18.5 Å². The van der Waals surface area contributed by atoms with Gasteiger partial charge in [-0.15, -0.1) is 0 Å². The van der Waals surface area contributed by atoms with Gasteiger partial charge in [-0.3, -0.25) is 0 Å². The lowest BCUT2D eigenvalue weighted by Crippen LogP contribution is -2.41. The topological polar surface area (TPSA) is 96.4 Å². The average molecular weight is 526 g/mol. The molecule has 2 N–H and O–H groups in total. The number of nitrogens with zero attached hydrogens (tertiary/aromatic N) is 3. The van der Waals surface area contributed by atoms with E-state index >= 15 is 0 Å². The Balaban J connectivity index is 1.24. The molecule has 3 aliphatic heterocycles. The van der Waals surface area contributed by atoms with E-state index in [1.165, 1.54) is 57.2 Å². The summed E-state index contributed by atoms with van der Waals surface area (Å²) in [5.41, 5.74) is 4.38. The molecule has 0 spiro atoms. The van der Waals surface area contributed by atoms with Crippen LogP contribution in [0, 0.1) is 18.8 Å². The summed E-state index contributed by atoms with van der Waals surface area (Å²) in [4.78, 5) is 11.2. The predicted molar refractivity (Wildman–Crippen MR) is 147 cm³/mol. The van der Waals surface area contributed by atoms with Crippen LogP contribution in [-0.2, 0) is 9.84 Å². The molecule has 1 aliphatic carbocycles. The highest BCUT2D eigenvalue weighted by molar-refractivity contribution is 7.91. The molecular weight excluding hydrogens is 486 g/mol. The number of piperidine rings is 1. The Morgan fingerprint density at radius 1 is 0.973 bits per heavy atom. The summed E-state index contributed by atoms with van der Waals surface area (Å²) in [6.45, 7) is 7.40. The van der Waals surface area contributed by atoms with Gasteiger partial charge in [-0.25, -0.2) is 18.4 Å². The third-order valence-electron chi connectivity index (χ3n) is 9.05. The summed E-state index contributed by atoms with van der Waals surface area (Å²) in [7, 11) is -2.98. The van der Waals surface area contributed by atoms with Crippen LogP contribution >= 0.6 is 0 Å². The summed E-state index contributed by atoms with van der Waals surface area (Å²) in [6, 6.07) is 4.59. The summed E-state index contributed by atoms with van der Waals surface area (Å²) in [5.74, 6) is 5.04. The van der Waals surface area contributed by atoms with Crippen molar-refractivity contribution in [2.75, 3.05) is 47.9 Å². The number of sulfone groups is 1. The van der Waals surface area contributed by atoms with Crippen molar-refractivity contribution < 1.29 is 13.2 Å². The van der Waals surface area contributed by atoms with E-state index in [1.807, 2.05) is 6.92 Å². The molecule has 1 atom stereocenters. The van der Waals surface area contributed by atoms with Crippen molar-refractivity contribution in [3.05, 3.63) is 35.2 Å². The normalized spacial score (nSPS) is 27.8. The lowest BCUT2D eigenvalue weighted by Gasteiger charge is -2.36. The van der Waals surface area contributed by atoms with Gasteiger partial charge in [0.25, 0.3) is 0 Å². The molecule has 37 heavy (non-hydrogen) atoms. The van der Waals surface area contributed by atoms with Crippen LogP contribution in [0.1, 0.15) is 74.2 Å². The Morgan fingerprint density at radius 3 is 2.41 bits per heavy atom. The predicted octanol–water partition coefficient (Wildman–Crippen LogP) is 4.49. The van der Waals surface area contributed by atoms with E-state index in [2.05, 4.69) is 44.6 Å². The minimum absolute atomic E-state index is 0.150. The first-order valence-electron chi connectivity index (χ1n) is 14.0. The van der Waals surface area contributed by atoms with E-state index in [4.69, 9.17) is 4.74 Å². The van der Waals surface area contributed by atoms with E-state index in [-0.39, 0.29) is 17.6 Å². The molecule has 1 saturated carbocycles. The molecule has 2 saturated heterocycles. The fraction of sp³-hybridized carbons (Fsp3) is 0.643. The zero-order chi connectivity index (χ0) is 25.6. The van der Waals surface area contributed by atoms with E-state index in [0.717, 1.165) is 46.0 Å². The quantitative estimate of drug-likeness (QED) is 0.605. The summed E-state index contributed by atoms with van der Waals surface area (Å²) >= 11 is 0. The van der Waals surface area contributed by atoms with Crippen molar-refractivity contribution in [3.63, 3.8) is 0 Å². The second kappa shape index (κ2) is 10.1. The first kappa shape index (κ1) is 24.9. The summed E-state index contributed by atoms with van der Waals surface area (Å²) < 4.78 is 30.5. The van der Waals surface area contributed by atoms with Gasteiger partial charge in [0.1, 0.15) is 29.8 Å². The van der Waals surface area contributed by atoms with E-state index in [1.54, 1.807) is 6.33 Å². The van der Waals surface area contributed by atoms with Crippen LogP contribution in [-0.4, -0.2) is 56.1 Å². The van der Waals surface area contributed by atoms with Crippen molar-refractivity contribution in [1.29, 1.82) is 0 Å². The second-order valence-electron chi connectivity index (χ2n) is 11.4. The van der Waals surface area contributed by atoms with E-state index < -0.39 is 9.84 Å². The molecule has 0 amide bonds. The van der Waals surface area contributed by atoms with Crippen molar-refractivity contribution >= 4 is 27.2 Å². The summed E-state index contributed by atoms with van der Waals surface area (Å²) in [5, 5.41) is 7.09. The van der Waals surface area contributed by atoms with Gasteiger partial charge in [0.2, 0.25) is 0 Å². The van der Waals surface area contributed by atoms with Crippen molar-refractivity contribution in [3.8, 4) is 5.75 Å². The zero-order valence-corrected chi connectivity index (χ0v) is 22.8. The van der Waals surface area contributed by atoms with Crippen molar-refractivity contribution in [2.45, 2.75) is 64.4 Å². The number of aryl methyl sites for hydroxylation is 1.